The van der Waals surface area contributed by atoms with Crippen molar-refractivity contribution in [3.05, 3.63) is 78.4 Å². The van der Waals surface area contributed by atoms with Crippen LogP contribution < -0.4 is 4.74 Å². The molecule has 1 rings (SSSR count). The summed E-state index contributed by atoms with van der Waals surface area (Å²) in [5.41, 5.74) is 1.33. The van der Waals surface area contributed by atoms with Crippen LogP contribution in [0, 0.1) is 0 Å². The second kappa shape index (κ2) is 20.6. The molecule has 2 heteroatoms. The molecule has 0 aliphatic heterocycles. The third kappa shape index (κ3) is 17.5. The summed E-state index contributed by atoms with van der Waals surface area (Å²) in [5.74, 6) is 1.93. The van der Waals surface area contributed by atoms with Crippen LogP contribution in [0.15, 0.2) is 72.9 Å². The highest BCUT2D eigenvalue weighted by Crippen LogP contribution is 2.14. The topological polar surface area (TPSA) is 9.23 Å². The van der Waals surface area contributed by atoms with E-state index in [-0.39, 0.29) is 0 Å². The zero-order valence-corrected chi connectivity index (χ0v) is 18.3. The maximum atomic E-state index is 5.78. The van der Waals surface area contributed by atoms with Gasteiger partial charge in [0.15, 0.2) is 0 Å². The molecular formula is C25H38OS. The van der Waals surface area contributed by atoms with E-state index in [1.807, 2.05) is 13.0 Å². The summed E-state index contributed by atoms with van der Waals surface area (Å²) in [5, 5.41) is 0. The van der Waals surface area contributed by atoms with Gasteiger partial charge in [0.05, 0.1) is 6.61 Å². The zero-order chi connectivity index (χ0) is 20.0. The SMILES string of the molecule is CC/C=C\CC/C=C/C=C\C=C\CCCOc1cccc(CC)c1.CCS. The number of benzene rings is 1. The van der Waals surface area contributed by atoms with Gasteiger partial charge in [-0.15, -0.1) is 0 Å². The number of allylic oxidation sites excluding steroid dienone is 8. The van der Waals surface area contributed by atoms with Gasteiger partial charge in [0.25, 0.3) is 0 Å². The van der Waals surface area contributed by atoms with Gasteiger partial charge in [-0.3, -0.25) is 0 Å². The first-order valence-corrected chi connectivity index (χ1v) is 10.9. The highest BCUT2D eigenvalue weighted by molar-refractivity contribution is 7.80. The summed E-state index contributed by atoms with van der Waals surface area (Å²) < 4.78 is 5.78. The molecule has 0 bridgehead atoms. The third-order valence-corrected chi connectivity index (χ3v) is 3.60. The van der Waals surface area contributed by atoms with Gasteiger partial charge in [0.2, 0.25) is 0 Å². The molecule has 0 aliphatic rings. The van der Waals surface area contributed by atoms with E-state index in [4.69, 9.17) is 4.74 Å². The van der Waals surface area contributed by atoms with E-state index in [2.05, 4.69) is 93.3 Å². The first kappa shape index (κ1) is 25.3. The molecule has 0 saturated carbocycles. The first-order valence-electron chi connectivity index (χ1n) is 10.2. The molecule has 0 fully saturated rings. The van der Waals surface area contributed by atoms with Gasteiger partial charge in [-0.05, 0) is 62.0 Å². The third-order valence-electron chi connectivity index (χ3n) is 3.60. The van der Waals surface area contributed by atoms with E-state index >= 15 is 0 Å². The lowest BCUT2D eigenvalue weighted by Crippen LogP contribution is -1.96. The highest BCUT2D eigenvalue weighted by Gasteiger charge is 1.94. The molecule has 0 aromatic heterocycles. The molecule has 0 saturated heterocycles. The summed E-state index contributed by atoms with van der Waals surface area (Å²) in [7, 11) is 0. The largest absolute Gasteiger partial charge is 0.494 e. The van der Waals surface area contributed by atoms with Crippen molar-refractivity contribution in [3.63, 3.8) is 0 Å². The molecule has 0 heterocycles. The Balaban J connectivity index is 0.00000210. The van der Waals surface area contributed by atoms with Crippen molar-refractivity contribution in [1.29, 1.82) is 0 Å². The van der Waals surface area contributed by atoms with Gasteiger partial charge < -0.3 is 4.74 Å². The second-order valence-corrected chi connectivity index (χ2v) is 6.64. The monoisotopic (exact) mass is 386 g/mol. The number of ether oxygens (including phenoxy) is 1. The van der Waals surface area contributed by atoms with E-state index in [0.717, 1.165) is 56.6 Å². The van der Waals surface area contributed by atoms with Crippen LogP contribution >= 0.6 is 12.6 Å². The molecule has 1 aromatic carbocycles. The molecule has 27 heavy (non-hydrogen) atoms. The lowest BCUT2D eigenvalue weighted by atomic mass is 10.2. The molecule has 0 atom stereocenters. The molecule has 0 N–H and O–H groups in total. The summed E-state index contributed by atoms with van der Waals surface area (Å²) >= 11 is 3.79. The molecule has 0 spiro atoms. The van der Waals surface area contributed by atoms with Crippen LogP contribution in [0.2, 0.25) is 0 Å². The van der Waals surface area contributed by atoms with Crippen molar-refractivity contribution in [2.24, 2.45) is 0 Å². The van der Waals surface area contributed by atoms with Gasteiger partial charge in [0.1, 0.15) is 5.75 Å². The van der Waals surface area contributed by atoms with Crippen LogP contribution in [-0.4, -0.2) is 12.4 Å². The highest BCUT2D eigenvalue weighted by atomic mass is 32.1. The maximum absolute atomic E-state index is 5.78. The number of rotatable bonds is 12. The average Bonchev–Trinajstić information content (AvgIpc) is 2.69. The van der Waals surface area contributed by atoms with Gasteiger partial charge in [-0.25, -0.2) is 0 Å². The normalized spacial score (nSPS) is 11.6. The van der Waals surface area contributed by atoms with Crippen LogP contribution in [0.1, 0.15) is 58.4 Å². The Morgan fingerprint density at radius 3 is 2.19 bits per heavy atom. The smallest absolute Gasteiger partial charge is 0.119 e. The first-order chi connectivity index (χ1) is 13.3. The lowest BCUT2D eigenvalue weighted by molar-refractivity contribution is 0.312. The number of hydrogen-bond donors (Lipinski definition) is 1. The van der Waals surface area contributed by atoms with Crippen molar-refractivity contribution in [3.8, 4) is 5.75 Å². The van der Waals surface area contributed by atoms with E-state index in [9.17, 15) is 0 Å². The zero-order valence-electron chi connectivity index (χ0n) is 17.4. The predicted molar refractivity (Wildman–Crippen MR) is 126 cm³/mol. The molecular weight excluding hydrogens is 348 g/mol. The number of unbranched alkanes of at least 4 members (excludes halogenated alkanes) is 2. The molecule has 0 radical (unpaired) electrons. The van der Waals surface area contributed by atoms with Gasteiger partial charge >= 0.3 is 0 Å². The fourth-order valence-corrected chi connectivity index (χ4v) is 2.20. The molecule has 0 unspecified atom stereocenters. The Labute approximate surface area is 173 Å². The van der Waals surface area contributed by atoms with Crippen molar-refractivity contribution in [2.45, 2.75) is 59.3 Å². The van der Waals surface area contributed by atoms with Crippen LogP contribution in [0.3, 0.4) is 0 Å². The minimum atomic E-state index is 0.770. The van der Waals surface area contributed by atoms with E-state index in [0.29, 0.717) is 0 Å². The van der Waals surface area contributed by atoms with Crippen LogP contribution in [0.25, 0.3) is 0 Å². The second-order valence-electron chi connectivity index (χ2n) is 6.01. The fourth-order valence-electron chi connectivity index (χ4n) is 2.20. The quantitative estimate of drug-likeness (QED) is 0.167. The van der Waals surface area contributed by atoms with Crippen molar-refractivity contribution < 1.29 is 4.74 Å². The van der Waals surface area contributed by atoms with Crippen LogP contribution in [-0.2, 0) is 6.42 Å². The molecule has 1 aromatic rings. The standard InChI is InChI=1S/C23H32O.C2H6S/c1-3-5-6-7-8-9-10-11-12-13-14-15-16-20-24-23-19-17-18-22(4-2)21-23;1-2-3/h5-6,9-14,17-19,21H,3-4,7-8,15-16,20H2,1-2H3;3H,2H2,1H3/b6-5-,10-9+,12-11-,14-13+;. The molecule has 150 valence electrons. The molecule has 0 aliphatic carbocycles. The van der Waals surface area contributed by atoms with E-state index in [1.165, 1.54) is 5.56 Å². The Morgan fingerprint density at radius 2 is 1.52 bits per heavy atom. The summed E-state index contributed by atoms with van der Waals surface area (Å²) in [6.07, 6.45) is 23.8. The number of hydrogen-bond acceptors (Lipinski definition) is 2. The minimum Gasteiger partial charge on any atom is -0.494 e. The average molecular weight is 387 g/mol. The molecule has 0 amide bonds. The van der Waals surface area contributed by atoms with E-state index < -0.39 is 0 Å². The summed E-state index contributed by atoms with van der Waals surface area (Å²) in [6.45, 7) is 7.09. The van der Waals surface area contributed by atoms with Crippen molar-refractivity contribution >= 4 is 12.6 Å². The van der Waals surface area contributed by atoms with Crippen molar-refractivity contribution in [2.75, 3.05) is 12.4 Å². The number of aryl methyl sites for hydroxylation is 1. The summed E-state index contributed by atoms with van der Waals surface area (Å²) in [4.78, 5) is 0. The van der Waals surface area contributed by atoms with Gasteiger partial charge in [-0.2, -0.15) is 12.6 Å². The lowest BCUT2D eigenvalue weighted by Gasteiger charge is -2.06. The Morgan fingerprint density at radius 1 is 0.852 bits per heavy atom. The Bertz CT molecular complexity index is 555. The minimum absolute atomic E-state index is 0.770. The van der Waals surface area contributed by atoms with Crippen LogP contribution in [0.4, 0.5) is 0 Å². The Hall–Kier alpha value is -1.67. The predicted octanol–water partition coefficient (Wildman–Crippen LogP) is 7.76. The Kier molecular flexibility index (Phi) is 19.4. The molecule has 1 nitrogen and oxygen atoms in total. The van der Waals surface area contributed by atoms with E-state index in [1.54, 1.807) is 0 Å². The van der Waals surface area contributed by atoms with Gasteiger partial charge in [-0.1, -0.05) is 81.5 Å². The van der Waals surface area contributed by atoms with Crippen LogP contribution in [0.5, 0.6) is 5.75 Å². The van der Waals surface area contributed by atoms with Gasteiger partial charge in [0, 0.05) is 0 Å². The fraction of sp³-hybridized carbons (Fsp3) is 0.440. The maximum Gasteiger partial charge on any atom is 0.119 e. The van der Waals surface area contributed by atoms with Crippen molar-refractivity contribution in [1.82, 2.24) is 0 Å². The summed E-state index contributed by atoms with van der Waals surface area (Å²) in [6, 6.07) is 8.36. The number of thiol groups is 1.